The second-order valence-corrected chi connectivity index (χ2v) is 6.73. The summed E-state index contributed by atoms with van der Waals surface area (Å²) in [6, 6.07) is 0.258. The number of aliphatic hydroxyl groups excluding tert-OH is 1. The van der Waals surface area contributed by atoms with E-state index in [2.05, 4.69) is 11.9 Å². The highest BCUT2D eigenvalue weighted by Crippen LogP contribution is 2.35. The number of aliphatic hydroxyl groups is 1. The van der Waals surface area contributed by atoms with E-state index in [1.807, 2.05) is 0 Å². The fraction of sp³-hybridized carbons (Fsp3) is 0.938. The van der Waals surface area contributed by atoms with Crippen molar-refractivity contribution in [2.24, 2.45) is 5.41 Å². The highest BCUT2D eigenvalue weighted by atomic mass is 16.3. The van der Waals surface area contributed by atoms with Crippen LogP contribution in [0, 0.1) is 5.41 Å². The third-order valence-electron chi connectivity index (χ3n) is 5.17. The van der Waals surface area contributed by atoms with Crippen LogP contribution >= 0.6 is 0 Å². The fourth-order valence-corrected chi connectivity index (χ4v) is 3.97. The number of nitrogens with zero attached hydrogens (tertiary/aromatic N) is 1. The van der Waals surface area contributed by atoms with Gasteiger partial charge in [0.1, 0.15) is 6.29 Å². The fourth-order valence-electron chi connectivity index (χ4n) is 3.97. The van der Waals surface area contributed by atoms with E-state index >= 15 is 0 Å². The summed E-state index contributed by atoms with van der Waals surface area (Å²) in [5.74, 6) is 0. The monoisotopic (exact) mass is 267 g/mol. The van der Waals surface area contributed by atoms with E-state index in [-0.39, 0.29) is 17.6 Å². The van der Waals surface area contributed by atoms with Gasteiger partial charge < -0.3 is 9.90 Å². The maximum Gasteiger partial charge on any atom is 0.127 e. The molecule has 0 aromatic carbocycles. The molecular formula is C16H29NO2. The molecule has 110 valence electrons. The summed E-state index contributed by atoms with van der Waals surface area (Å²) in [5, 5.41) is 10.2. The topological polar surface area (TPSA) is 40.5 Å². The molecule has 2 aliphatic rings. The zero-order valence-electron chi connectivity index (χ0n) is 12.3. The van der Waals surface area contributed by atoms with Gasteiger partial charge in [-0.05, 0) is 32.7 Å². The lowest BCUT2D eigenvalue weighted by atomic mass is 9.80. The lowest BCUT2D eigenvalue weighted by Gasteiger charge is -2.40. The second-order valence-electron chi connectivity index (χ2n) is 6.73. The van der Waals surface area contributed by atoms with Crippen LogP contribution in [-0.2, 0) is 4.79 Å². The molecule has 2 fully saturated rings. The van der Waals surface area contributed by atoms with E-state index in [1.165, 1.54) is 38.4 Å². The van der Waals surface area contributed by atoms with Crippen molar-refractivity contribution in [2.45, 2.75) is 76.4 Å². The number of likely N-dealkylation sites (N-methyl/N-ethyl adjacent to an activating group) is 1. The van der Waals surface area contributed by atoms with Crippen LogP contribution in [0.4, 0.5) is 0 Å². The highest BCUT2D eigenvalue weighted by molar-refractivity contribution is 5.59. The summed E-state index contributed by atoms with van der Waals surface area (Å²) in [6.45, 7) is 0.832. The van der Waals surface area contributed by atoms with Crippen molar-refractivity contribution in [3.05, 3.63) is 0 Å². The Hall–Kier alpha value is -0.410. The van der Waals surface area contributed by atoms with Crippen molar-refractivity contribution < 1.29 is 9.90 Å². The predicted molar refractivity (Wildman–Crippen MR) is 77.1 cm³/mol. The van der Waals surface area contributed by atoms with Crippen molar-refractivity contribution >= 4 is 6.29 Å². The van der Waals surface area contributed by atoms with Gasteiger partial charge in [-0.3, -0.25) is 4.90 Å². The molecule has 0 aliphatic heterocycles. The van der Waals surface area contributed by atoms with Crippen LogP contribution in [0.25, 0.3) is 0 Å². The van der Waals surface area contributed by atoms with Gasteiger partial charge in [0.05, 0.1) is 6.10 Å². The van der Waals surface area contributed by atoms with E-state index in [4.69, 9.17) is 0 Å². The van der Waals surface area contributed by atoms with Gasteiger partial charge in [0.15, 0.2) is 0 Å². The molecular weight excluding hydrogens is 238 g/mol. The summed E-state index contributed by atoms with van der Waals surface area (Å²) in [6.07, 6.45) is 12.3. The molecule has 0 spiro atoms. The quantitative estimate of drug-likeness (QED) is 0.629. The minimum Gasteiger partial charge on any atom is -0.391 e. The van der Waals surface area contributed by atoms with Crippen molar-refractivity contribution in [3.63, 3.8) is 0 Å². The van der Waals surface area contributed by atoms with Crippen LogP contribution in [0.3, 0.4) is 0 Å². The van der Waals surface area contributed by atoms with Crippen LogP contribution in [0.15, 0.2) is 0 Å². The number of aldehydes is 1. The smallest absolute Gasteiger partial charge is 0.127 e. The Balaban J connectivity index is 1.97. The molecule has 0 bridgehead atoms. The Kier molecular flexibility index (Phi) is 5.40. The minimum atomic E-state index is -0.201. The SMILES string of the molecule is CN(CC1(C=O)CCCCCC1)C1CCCCC1O. The van der Waals surface area contributed by atoms with Crippen molar-refractivity contribution in [3.8, 4) is 0 Å². The Labute approximate surface area is 117 Å². The molecule has 2 aliphatic carbocycles. The Bertz CT molecular complexity index is 284. The standard InChI is InChI=1S/C16H29NO2/c1-17(14-8-4-5-9-15(14)19)12-16(13-18)10-6-2-3-7-11-16/h13-15,19H,2-12H2,1H3. The summed E-state index contributed by atoms with van der Waals surface area (Å²) < 4.78 is 0. The predicted octanol–water partition coefficient (Wildman–Crippen LogP) is 2.76. The second kappa shape index (κ2) is 6.85. The minimum absolute atomic E-state index is 0.150. The maximum atomic E-state index is 11.6. The molecule has 3 heteroatoms. The first kappa shape index (κ1) is 15.0. The third kappa shape index (κ3) is 3.79. The molecule has 2 saturated carbocycles. The normalized spacial score (nSPS) is 31.9. The van der Waals surface area contributed by atoms with E-state index in [1.54, 1.807) is 0 Å². The molecule has 0 aromatic rings. The average Bonchev–Trinajstić information content (AvgIpc) is 2.65. The van der Waals surface area contributed by atoms with E-state index in [9.17, 15) is 9.90 Å². The summed E-state index contributed by atoms with van der Waals surface area (Å²) in [5.41, 5.74) is -0.150. The summed E-state index contributed by atoms with van der Waals surface area (Å²) in [7, 11) is 2.09. The lowest BCUT2D eigenvalue weighted by Crippen LogP contribution is -2.48. The molecule has 3 nitrogen and oxygen atoms in total. The van der Waals surface area contributed by atoms with Crippen LogP contribution in [-0.4, -0.2) is 42.0 Å². The number of hydrogen-bond donors (Lipinski definition) is 1. The van der Waals surface area contributed by atoms with Gasteiger partial charge in [-0.15, -0.1) is 0 Å². The molecule has 0 radical (unpaired) electrons. The van der Waals surface area contributed by atoms with E-state index < -0.39 is 0 Å². The maximum absolute atomic E-state index is 11.6. The number of rotatable bonds is 4. The molecule has 0 aromatic heterocycles. The molecule has 2 atom stereocenters. The van der Waals surface area contributed by atoms with Gasteiger partial charge in [-0.2, -0.15) is 0 Å². The molecule has 0 saturated heterocycles. The first-order valence-corrected chi connectivity index (χ1v) is 8.01. The van der Waals surface area contributed by atoms with Gasteiger partial charge in [-0.25, -0.2) is 0 Å². The highest BCUT2D eigenvalue weighted by Gasteiger charge is 2.35. The Morgan fingerprint density at radius 2 is 1.74 bits per heavy atom. The number of hydrogen-bond acceptors (Lipinski definition) is 3. The molecule has 0 heterocycles. The van der Waals surface area contributed by atoms with Gasteiger partial charge in [0, 0.05) is 18.0 Å². The number of carbonyl (C=O) groups excluding carboxylic acids is 1. The van der Waals surface area contributed by atoms with Gasteiger partial charge in [0.25, 0.3) is 0 Å². The number of carbonyl (C=O) groups is 1. The lowest BCUT2D eigenvalue weighted by molar-refractivity contribution is -0.119. The van der Waals surface area contributed by atoms with Crippen LogP contribution in [0.1, 0.15) is 64.2 Å². The zero-order chi connectivity index (χ0) is 13.7. The average molecular weight is 267 g/mol. The molecule has 2 unspecified atom stereocenters. The summed E-state index contributed by atoms with van der Waals surface area (Å²) >= 11 is 0. The summed E-state index contributed by atoms with van der Waals surface area (Å²) in [4.78, 5) is 13.9. The van der Waals surface area contributed by atoms with Gasteiger partial charge in [-0.1, -0.05) is 38.5 Å². The van der Waals surface area contributed by atoms with Crippen LogP contribution < -0.4 is 0 Å². The van der Waals surface area contributed by atoms with Gasteiger partial charge >= 0.3 is 0 Å². The van der Waals surface area contributed by atoms with E-state index in [0.717, 1.165) is 38.6 Å². The van der Waals surface area contributed by atoms with Gasteiger partial charge in [0.2, 0.25) is 0 Å². The van der Waals surface area contributed by atoms with Crippen molar-refractivity contribution in [1.82, 2.24) is 4.90 Å². The van der Waals surface area contributed by atoms with Crippen LogP contribution in [0.5, 0.6) is 0 Å². The zero-order valence-corrected chi connectivity index (χ0v) is 12.3. The molecule has 19 heavy (non-hydrogen) atoms. The largest absolute Gasteiger partial charge is 0.391 e. The van der Waals surface area contributed by atoms with E-state index in [0.29, 0.717) is 0 Å². The third-order valence-corrected chi connectivity index (χ3v) is 5.17. The molecule has 2 rings (SSSR count). The van der Waals surface area contributed by atoms with Crippen molar-refractivity contribution in [1.29, 1.82) is 0 Å². The first-order chi connectivity index (χ1) is 9.17. The molecule has 0 amide bonds. The Morgan fingerprint density at radius 3 is 2.32 bits per heavy atom. The van der Waals surface area contributed by atoms with Crippen molar-refractivity contribution in [2.75, 3.05) is 13.6 Å². The Morgan fingerprint density at radius 1 is 1.11 bits per heavy atom. The van der Waals surface area contributed by atoms with Crippen LogP contribution in [0.2, 0.25) is 0 Å². The first-order valence-electron chi connectivity index (χ1n) is 8.01. The molecule has 1 N–H and O–H groups in total.